The molecule has 2 aromatic carbocycles. The maximum absolute atomic E-state index is 14.8. The van der Waals surface area contributed by atoms with E-state index < -0.39 is 5.66 Å². The van der Waals surface area contributed by atoms with Gasteiger partial charge < -0.3 is 15.0 Å². The number of ether oxygens (including phenoxy) is 1. The molecule has 2 amide bonds. The molecule has 2 saturated carbocycles. The van der Waals surface area contributed by atoms with Gasteiger partial charge in [0.1, 0.15) is 17.1 Å². The van der Waals surface area contributed by atoms with Gasteiger partial charge in [-0.3, -0.25) is 20.0 Å². The Kier molecular flexibility index (Phi) is 9.60. The van der Waals surface area contributed by atoms with Crippen molar-refractivity contribution in [3.8, 4) is 5.75 Å². The second kappa shape index (κ2) is 13.7. The molecule has 2 aliphatic heterocycles. The van der Waals surface area contributed by atoms with Crippen LogP contribution in [0.3, 0.4) is 0 Å². The van der Waals surface area contributed by atoms with Crippen LogP contribution in [0.4, 0.5) is 0 Å². The summed E-state index contributed by atoms with van der Waals surface area (Å²) in [7, 11) is 0. The zero-order chi connectivity index (χ0) is 33.2. The van der Waals surface area contributed by atoms with Gasteiger partial charge in [-0.2, -0.15) is 0 Å². The summed E-state index contributed by atoms with van der Waals surface area (Å²) < 4.78 is 6.11. The highest BCUT2D eigenvalue weighted by Gasteiger charge is 2.52. The topological polar surface area (TPSA) is 119 Å². The molecule has 2 fully saturated rings. The number of hydrogen-bond donors (Lipinski definition) is 4. The molecule has 0 radical (unpaired) electrons. The largest absolute Gasteiger partial charge is 0.493 e. The molecular formula is C37H51N7O3. The van der Waals surface area contributed by atoms with Crippen LogP contribution < -0.4 is 26.5 Å². The van der Waals surface area contributed by atoms with Crippen LogP contribution in [0, 0.1) is 23.2 Å². The second-order valence-corrected chi connectivity index (χ2v) is 15.3. The van der Waals surface area contributed by atoms with Crippen molar-refractivity contribution in [2.24, 2.45) is 33.3 Å². The van der Waals surface area contributed by atoms with Gasteiger partial charge >= 0.3 is 0 Å². The van der Waals surface area contributed by atoms with Crippen molar-refractivity contribution in [1.82, 2.24) is 26.7 Å². The number of amides is 2. The van der Waals surface area contributed by atoms with E-state index in [0.29, 0.717) is 34.9 Å². The second-order valence-electron chi connectivity index (χ2n) is 15.3. The van der Waals surface area contributed by atoms with Crippen LogP contribution in [-0.2, 0) is 4.79 Å². The van der Waals surface area contributed by atoms with E-state index in [1.165, 1.54) is 12.8 Å². The van der Waals surface area contributed by atoms with Crippen LogP contribution >= 0.6 is 0 Å². The molecular weight excluding hydrogens is 590 g/mol. The van der Waals surface area contributed by atoms with E-state index in [2.05, 4.69) is 66.4 Å². The number of carbonyl (C=O) groups is 2. The molecule has 2 heterocycles. The molecule has 4 aliphatic rings. The van der Waals surface area contributed by atoms with E-state index in [0.717, 1.165) is 62.0 Å². The fourth-order valence-electron chi connectivity index (χ4n) is 7.03. The van der Waals surface area contributed by atoms with Gasteiger partial charge in [-0.15, -0.1) is 10.6 Å². The summed E-state index contributed by atoms with van der Waals surface area (Å²) >= 11 is 0. The minimum atomic E-state index is -0.599. The lowest BCUT2D eigenvalue weighted by atomic mass is 9.75. The van der Waals surface area contributed by atoms with Crippen molar-refractivity contribution in [1.29, 1.82) is 0 Å². The minimum absolute atomic E-state index is 0.0138. The third-order valence-corrected chi connectivity index (χ3v) is 10.2. The van der Waals surface area contributed by atoms with Crippen LogP contribution in [-0.4, -0.2) is 47.1 Å². The van der Waals surface area contributed by atoms with Gasteiger partial charge in [0.15, 0.2) is 5.84 Å². The molecule has 1 atom stereocenters. The van der Waals surface area contributed by atoms with Crippen molar-refractivity contribution < 1.29 is 14.3 Å². The Labute approximate surface area is 279 Å². The van der Waals surface area contributed by atoms with Crippen molar-refractivity contribution in [2.45, 2.75) is 97.7 Å². The summed E-state index contributed by atoms with van der Waals surface area (Å²) in [5.41, 5.74) is 10.5. The van der Waals surface area contributed by atoms with E-state index in [4.69, 9.17) is 9.73 Å². The lowest BCUT2D eigenvalue weighted by Gasteiger charge is -2.46. The fourth-order valence-corrected chi connectivity index (χ4v) is 7.03. The first-order valence-electron chi connectivity index (χ1n) is 17.4. The molecule has 2 aliphatic carbocycles. The number of hydrogen-bond acceptors (Lipinski definition) is 8. The van der Waals surface area contributed by atoms with Gasteiger partial charge in [0, 0.05) is 11.1 Å². The molecule has 47 heavy (non-hydrogen) atoms. The highest BCUT2D eigenvalue weighted by Crippen LogP contribution is 2.48. The lowest BCUT2D eigenvalue weighted by molar-refractivity contribution is -0.133. The van der Waals surface area contributed by atoms with E-state index >= 15 is 0 Å². The highest BCUT2D eigenvalue weighted by molar-refractivity contribution is 6.46. The molecule has 252 valence electrons. The van der Waals surface area contributed by atoms with Crippen LogP contribution in [0.15, 0.2) is 58.6 Å². The third-order valence-electron chi connectivity index (χ3n) is 10.2. The minimum Gasteiger partial charge on any atom is -0.493 e. The number of hydrazone groups is 1. The zero-order valence-corrected chi connectivity index (χ0v) is 28.6. The SMILES string of the molecule is CC(C)C1CCC2(CC1)N=C(c1cccc(OCC3CC3)c1)C(=O)N2[C@H](CCC(C)(C)C)c1ccc(C(=O)NCC2=NNNN2)cc1. The zero-order valence-electron chi connectivity index (χ0n) is 28.6. The smallest absolute Gasteiger partial charge is 0.275 e. The van der Waals surface area contributed by atoms with Crippen LogP contribution in [0.25, 0.3) is 0 Å². The van der Waals surface area contributed by atoms with Gasteiger partial charge in [0.05, 0.1) is 19.2 Å². The average Bonchev–Trinajstić information content (AvgIpc) is 3.66. The number of amidine groups is 1. The molecule has 0 unspecified atom stereocenters. The van der Waals surface area contributed by atoms with Crippen molar-refractivity contribution in [3.05, 3.63) is 65.2 Å². The van der Waals surface area contributed by atoms with E-state index in [1.807, 2.05) is 48.5 Å². The number of rotatable bonds is 12. The monoisotopic (exact) mass is 641 g/mol. The Balaban J connectivity index is 1.31. The summed E-state index contributed by atoms with van der Waals surface area (Å²) in [4.78, 5) is 35.3. The Morgan fingerprint density at radius 1 is 1.09 bits per heavy atom. The molecule has 1 spiro atoms. The van der Waals surface area contributed by atoms with Gasteiger partial charge in [0.25, 0.3) is 11.8 Å². The first-order chi connectivity index (χ1) is 22.5. The standard InChI is InChI=1S/C37H51N7O3/c1-24(2)26-15-19-37(20-16-26)39-33(29-7-6-8-30(21-29)47-23-25-9-10-25)35(46)44(37)31(17-18-36(3,4)5)27-11-13-28(14-12-27)34(45)38-22-32-40-42-43-41-32/h6-8,11-14,21,24-26,31,42-43H,9-10,15-20,22-23H2,1-5H3,(H,38,45)(H,40,41)/t26?,31-,37?/m1/s1. The molecule has 10 nitrogen and oxygen atoms in total. The predicted molar refractivity (Wildman–Crippen MR) is 185 cm³/mol. The van der Waals surface area contributed by atoms with Crippen molar-refractivity contribution in [2.75, 3.05) is 13.2 Å². The van der Waals surface area contributed by atoms with E-state index in [9.17, 15) is 9.59 Å². The summed E-state index contributed by atoms with van der Waals surface area (Å²) in [6.07, 6.45) is 7.96. The quantitative estimate of drug-likeness (QED) is 0.230. The molecule has 0 saturated heterocycles. The van der Waals surface area contributed by atoms with E-state index in [-0.39, 0.29) is 29.8 Å². The van der Waals surface area contributed by atoms with Crippen molar-refractivity contribution in [3.63, 3.8) is 0 Å². The molecule has 6 rings (SSSR count). The van der Waals surface area contributed by atoms with E-state index in [1.54, 1.807) is 0 Å². The van der Waals surface area contributed by atoms with Gasteiger partial charge in [-0.1, -0.05) is 58.9 Å². The molecule has 0 aromatic heterocycles. The Hall–Kier alpha value is -3.92. The Morgan fingerprint density at radius 2 is 1.83 bits per heavy atom. The molecule has 4 N–H and O–H groups in total. The predicted octanol–water partition coefficient (Wildman–Crippen LogP) is 5.87. The third kappa shape index (κ3) is 7.80. The number of benzene rings is 2. The Morgan fingerprint density at radius 3 is 2.47 bits per heavy atom. The number of nitrogens with one attached hydrogen (secondary N) is 4. The number of hydrazine groups is 2. The normalized spacial score (nSPS) is 23.3. The van der Waals surface area contributed by atoms with Crippen LogP contribution in [0.2, 0.25) is 0 Å². The molecule has 2 aromatic rings. The summed E-state index contributed by atoms with van der Waals surface area (Å²) in [5, 5.41) is 6.91. The van der Waals surface area contributed by atoms with Crippen LogP contribution in [0.1, 0.15) is 114 Å². The number of carbonyl (C=O) groups excluding carboxylic acids is 2. The highest BCUT2D eigenvalue weighted by atomic mass is 16.5. The number of nitrogens with zero attached hydrogens (tertiary/aromatic N) is 3. The van der Waals surface area contributed by atoms with Crippen molar-refractivity contribution >= 4 is 23.4 Å². The lowest BCUT2D eigenvalue weighted by Crippen LogP contribution is -2.51. The average molecular weight is 642 g/mol. The van der Waals surface area contributed by atoms with Gasteiger partial charge in [0.2, 0.25) is 0 Å². The number of aliphatic imine (C=N–C) groups is 1. The summed E-state index contributed by atoms with van der Waals surface area (Å²) in [6, 6.07) is 15.5. The van der Waals surface area contributed by atoms with Gasteiger partial charge in [-0.25, -0.2) is 5.53 Å². The summed E-state index contributed by atoms with van der Waals surface area (Å²) in [6.45, 7) is 12.3. The Bertz CT molecular complexity index is 1500. The first kappa shape index (κ1) is 33.0. The molecule has 0 bridgehead atoms. The maximum atomic E-state index is 14.8. The maximum Gasteiger partial charge on any atom is 0.275 e. The summed E-state index contributed by atoms with van der Waals surface area (Å²) in [5.74, 6) is 3.06. The van der Waals surface area contributed by atoms with Crippen LogP contribution in [0.5, 0.6) is 5.75 Å². The fraction of sp³-hybridized carbons (Fsp3) is 0.568. The van der Waals surface area contributed by atoms with Gasteiger partial charge in [-0.05, 0) is 104 Å². The molecule has 10 heteroatoms. The first-order valence-corrected chi connectivity index (χ1v) is 17.4.